The van der Waals surface area contributed by atoms with Gasteiger partial charge in [-0.15, -0.1) is 0 Å². The Morgan fingerprint density at radius 2 is 2.25 bits per heavy atom. The van der Waals surface area contributed by atoms with Crippen LogP contribution in [0.25, 0.3) is 0 Å². The van der Waals surface area contributed by atoms with Crippen molar-refractivity contribution in [1.29, 1.82) is 0 Å². The topological polar surface area (TPSA) is 55.8 Å². The number of hydrogen-bond donors (Lipinski definition) is 1. The lowest BCUT2D eigenvalue weighted by atomic mass is 9.69. The molecule has 1 N–H and O–H groups in total. The van der Waals surface area contributed by atoms with Crippen molar-refractivity contribution in [1.82, 2.24) is 0 Å². The maximum Gasteiger partial charge on any atom is 0.314 e. The summed E-state index contributed by atoms with van der Waals surface area (Å²) < 4.78 is 10.4. The number of aliphatic hydroxyl groups is 1. The normalized spacial score (nSPS) is 31.2. The van der Waals surface area contributed by atoms with Crippen molar-refractivity contribution >= 4 is 5.97 Å². The molecule has 1 saturated heterocycles. The van der Waals surface area contributed by atoms with E-state index in [1.807, 2.05) is 6.92 Å². The van der Waals surface area contributed by atoms with Crippen LogP contribution in [0.4, 0.5) is 0 Å². The van der Waals surface area contributed by atoms with E-state index >= 15 is 0 Å². The molecule has 4 nitrogen and oxygen atoms in total. The summed E-state index contributed by atoms with van der Waals surface area (Å²) in [6.07, 6.45) is 0.926. The first kappa shape index (κ1) is 13.5. The number of esters is 1. The third-order valence-electron chi connectivity index (χ3n) is 3.49. The fourth-order valence-corrected chi connectivity index (χ4v) is 2.13. The van der Waals surface area contributed by atoms with E-state index in [0.29, 0.717) is 26.1 Å². The zero-order chi connectivity index (χ0) is 12.4. The lowest BCUT2D eigenvalue weighted by Gasteiger charge is -2.44. The van der Waals surface area contributed by atoms with Crippen LogP contribution >= 0.6 is 0 Å². The number of carbonyl (C=O) groups excluding carboxylic acids is 1. The van der Waals surface area contributed by atoms with Gasteiger partial charge in [0.25, 0.3) is 0 Å². The molecule has 2 unspecified atom stereocenters. The van der Waals surface area contributed by atoms with Gasteiger partial charge in [0.15, 0.2) is 0 Å². The highest BCUT2D eigenvalue weighted by molar-refractivity contribution is 5.77. The van der Waals surface area contributed by atoms with Crippen molar-refractivity contribution in [2.24, 2.45) is 5.41 Å². The molecule has 1 fully saturated rings. The van der Waals surface area contributed by atoms with Gasteiger partial charge in [0.1, 0.15) is 0 Å². The predicted octanol–water partition coefficient (Wildman–Crippen LogP) is 1.51. The van der Waals surface area contributed by atoms with Crippen LogP contribution in [0, 0.1) is 5.41 Å². The Hall–Kier alpha value is -0.610. The Labute approximate surface area is 96.9 Å². The van der Waals surface area contributed by atoms with Crippen LogP contribution in [-0.2, 0) is 14.3 Å². The second kappa shape index (κ2) is 4.72. The number of ether oxygens (including phenoxy) is 2. The van der Waals surface area contributed by atoms with Crippen molar-refractivity contribution < 1.29 is 19.4 Å². The van der Waals surface area contributed by atoms with Crippen LogP contribution < -0.4 is 0 Å². The molecular formula is C12H22O4. The van der Waals surface area contributed by atoms with Crippen LogP contribution in [0.5, 0.6) is 0 Å². The first-order valence-electron chi connectivity index (χ1n) is 5.84. The van der Waals surface area contributed by atoms with E-state index in [4.69, 9.17) is 9.47 Å². The van der Waals surface area contributed by atoms with Gasteiger partial charge in [0.2, 0.25) is 0 Å². The zero-order valence-electron chi connectivity index (χ0n) is 10.6. The highest BCUT2D eigenvalue weighted by atomic mass is 16.5. The lowest BCUT2D eigenvalue weighted by Crippen LogP contribution is -2.54. The highest BCUT2D eigenvalue weighted by Gasteiger charge is 2.51. The van der Waals surface area contributed by atoms with Crippen molar-refractivity contribution in [2.75, 3.05) is 13.2 Å². The van der Waals surface area contributed by atoms with Crippen molar-refractivity contribution in [3.05, 3.63) is 0 Å². The predicted molar refractivity (Wildman–Crippen MR) is 60.0 cm³/mol. The van der Waals surface area contributed by atoms with Gasteiger partial charge in [-0.3, -0.25) is 4.79 Å². The Balaban J connectivity index is 2.83. The van der Waals surface area contributed by atoms with Gasteiger partial charge in [0.05, 0.1) is 23.7 Å². The summed E-state index contributed by atoms with van der Waals surface area (Å²) in [5.74, 6) is -0.341. The Morgan fingerprint density at radius 3 is 2.75 bits per heavy atom. The minimum Gasteiger partial charge on any atom is -0.465 e. The monoisotopic (exact) mass is 230 g/mol. The molecule has 94 valence electrons. The van der Waals surface area contributed by atoms with E-state index in [2.05, 4.69) is 0 Å². The van der Waals surface area contributed by atoms with Gasteiger partial charge in [0, 0.05) is 19.4 Å². The molecule has 0 aromatic rings. The van der Waals surface area contributed by atoms with Crippen molar-refractivity contribution in [3.8, 4) is 0 Å². The van der Waals surface area contributed by atoms with Crippen LogP contribution in [0.2, 0.25) is 0 Å². The van der Waals surface area contributed by atoms with Gasteiger partial charge < -0.3 is 14.6 Å². The third-order valence-corrected chi connectivity index (χ3v) is 3.49. The molecule has 2 atom stereocenters. The molecule has 0 aliphatic carbocycles. The summed E-state index contributed by atoms with van der Waals surface area (Å²) in [5, 5.41) is 10.6. The van der Waals surface area contributed by atoms with E-state index in [-0.39, 0.29) is 12.1 Å². The minimum atomic E-state index is -1.03. The molecule has 1 aliphatic heterocycles. The van der Waals surface area contributed by atoms with Gasteiger partial charge >= 0.3 is 5.97 Å². The molecule has 0 aromatic carbocycles. The minimum absolute atomic E-state index is 0.0209. The smallest absolute Gasteiger partial charge is 0.314 e. The molecule has 0 spiro atoms. The highest BCUT2D eigenvalue weighted by Crippen LogP contribution is 2.41. The standard InChI is InChI=1S/C12H22O4/c1-5-15-10(13)11(3,4)12(14)6-7-16-9(2)8-12/h9,14H,5-8H2,1-4H3. The molecule has 1 aliphatic rings. The van der Waals surface area contributed by atoms with Crippen LogP contribution in [0.15, 0.2) is 0 Å². The molecule has 4 heteroatoms. The number of carbonyl (C=O) groups is 1. The van der Waals surface area contributed by atoms with Gasteiger partial charge in [-0.05, 0) is 27.7 Å². The summed E-state index contributed by atoms with van der Waals surface area (Å²) in [5.41, 5.74) is -1.92. The van der Waals surface area contributed by atoms with E-state index in [1.165, 1.54) is 0 Å². The summed E-state index contributed by atoms with van der Waals surface area (Å²) in [4.78, 5) is 11.9. The summed E-state index contributed by atoms with van der Waals surface area (Å²) >= 11 is 0. The van der Waals surface area contributed by atoms with Crippen molar-refractivity contribution in [3.63, 3.8) is 0 Å². The molecule has 0 radical (unpaired) electrons. The maximum absolute atomic E-state index is 11.9. The quantitative estimate of drug-likeness (QED) is 0.747. The van der Waals surface area contributed by atoms with Gasteiger partial charge in [-0.1, -0.05) is 0 Å². The average molecular weight is 230 g/mol. The van der Waals surface area contributed by atoms with E-state index in [9.17, 15) is 9.90 Å². The molecule has 0 aromatic heterocycles. The molecule has 0 bridgehead atoms. The van der Waals surface area contributed by atoms with Crippen LogP contribution in [-0.4, -0.2) is 36.0 Å². The number of hydrogen-bond acceptors (Lipinski definition) is 4. The fourth-order valence-electron chi connectivity index (χ4n) is 2.13. The lowest BCUT2D eigenvalue weighted by molar-refractivity contribution is -0.189. The molecular weight excluding hydrogens is 208 g/mol. The first-order chi connectivity index (χ1) is 7.33. The van der Waals surface area contributed by atoms with Crippen LogP contribution in [0.3, 0.4) is 0 Å². The van der Waals surface area contributed by atoms with E-state index < -0.39 is 11.0 Å². The summed E-state index contributed by atoms with van der Waals surface area (Å²) in [6, 6.07) is 0. The van der Waals surface area contributed by atoms with Gasteiger partial charge in [-0.25, -0.2) is 0 Å². The van der Waals surface area contributed by atoms with Crippen molar-refractivity contribution in [2.45, 2.75) is 52.2 Å². The molecule has 1 rings (SSSR count). The second-order valence-electron chi connectivity index (χ2n) is 5.01. The first-order valence-corrected chi connectivity index (χ1v) is 5.84. The molecule has 1 heterocycles. The number of rotatable bonds is 3. The molecule has 16 heavy (non-hydrogen) atoms. The van der Waals surface area contributed by atoms with E-state index in [0.717, 1.165) is 0 Å². The molecule has 0 amide bonds. The van der Waals surface area contributed by atoms with Gasteiger partial charge in [-0.2, -0.15) is 0 Å². The Bertz CT molecular complexity index is 262. The summed E-state index contributed by atoms with van der Waals surface area (Å²) in [6.45, 7) is 7.98. The molecule has 0 saturated carbocycles. The zero-order valence-corrected chi connectivity index (χ0v) is 10.6. The third kappa shape index (κ3) is 2.38. The second-order valence-corrected chi connectivity index (χ2v) is 5.01. The van der Waals surface area contributed by atoms with E-state index in [1.54, 1.807) is 20.8 Å². The fraction of sp³-hybridized carbons (Fsp3) is 0.917. The maximum atomic E-state index is 11.9. The Kier molecular flexibility index (Phi) is 3.97. The Morgan fingerprint density at radius 1 is 1.62 bits per heavy atom. The summed E-state index contributed by atoms with van der Waals surface area (Å²) in [7, 11) is 0. The van der Waals surface area contributed by atoms with Crippen LogP contribution in [0.1, 0.15) is 40.5 Å². The largest absolute Gasteiger partial charge is 0.465 e. The SMILES string of the molecule is CCOC(=O)C(C)(C)C1(O)CCOC(C)C1. The average Bonchev–Trinajstić information content (AvgIpc) is 2.17.